The number of para-hydroxylation sites is 2. The van der Waals surface area contributed by atoms with Gasteiger partial charge in [-0.05, 0) is 36.4 Å². The second-order valence-corrected chi connectivity index (χ2v) is 11.0. The van der Waals surface area contributed by atoms with Crippen molar-refractivity contribution >= 4 is 43.0 Å². The molecule has 9 nitrogen and oxygen atoms in total. The number of nitrogens with one attached hydrogen (secondary N) is 1. The van der Waals surface area contributed by atoms with Gasteiger partial charge in [0.2, 0.25) is 15.9 Å². The monoisotopic (exact) mass is 465 g/mol. The molecule has 1 atom stereocenters. The summed E-state index contributed by atoms with van der Waals surface area (Å²) in [7, 11) is -7.68. The highest BCUT2D eigenvalue weighted by atomic mass is 32.2. The summed E-state index contributed by atoms with van der Waals surface area (Å²) in [6, 6.07) is 12.4. The van der Waals surface area contributed by atoms with E-state index < -0.39 is 31.9 Å². The van der Waals surface area contributed by atoms with Crippen molar-refractivity contribution in [2.45, 2.75) is 11.8 Å². The predicted molar refractivity (Wildman–Crippen MR) is 117 cm³/mol. The lowest BCUT2D eigenvalue weighted by Crippen LogP contribution is -2.36. The van der Waals surface area contributed by atoms with Crippen LogP contribution in [0.25, 0.3) is 0 Å². The fraction of sp³-hybridized carbons (Fsp3) is 0.350. The van der Waals surface area contributed by atoms with Gasteiger partial charge >= 0.3 is 0 Å². The van der Waals surface area contributed by atoms with Crippen LogP contribution in [0.1, 0.15) is 6.92 Å². The molecule has 11 heteroatoms. The molecule has 0 aromatic heterocycles. The van der Waals surface area contributed by atoms with Gasteiger partial charge in [0.1, 0.15) is 0 Å². The molecule has 0 unspecified atom stereocenters. The van der Waals surface area contributed by atoms with Gasteiger partial charge in [0.05, 0.1) is 46.8 Å². The molecule has 0 bridgehead atoms. The lowest BCUT2D eigenvalue weighted by Gasteiger charge is -2.30. The van der Waals surface area contributed by atoms with Gasteiger partial charge in [0.15, 0.2) is 0 Å². The van der Waals surface area contributed by atoms with Crippen molar-refractivity contribution in [1.82, 2.24) is 0 Å². The van der Waals surface area contributed by atoms with Gasteiger partial charge < -0.3 is 9.64 Å². The maximum Gasteiger partial charge on any atom is 0.261 e. The van der Waals surface area contributed by atoms with Crippen molar-refractivity contribution in [3.63, 3.8) is 0 Å². The number of benzene rings is 2. The van der Waals surface area contributed by atoms with E-state index in [-0.39, 0.29) is 16.3 Å². The maximum absolute atomic E-state index is 13.0. The Bertz CT molecular complexity index is 1190. The number of nitrogens with zero attached hydrogens (tertiary/aromatic N) is 2. The van der Waals surface area contributed by atoms with Crippen molar-refractivity contribution in [2.75, 3.05) is 46.0 Å². The number of amides is 1. The second-order valence-electron chi connectivity index (χ2n) is 7.50. The van der Waals surface area contributed by atoms with E-state index in [0.717, 1.165) is 9.99 Å². The number of hydrogen-bond donors (Lipinski definition) is 1. The number of rotatable bonds is 5. The molecule has 2 heterocycles. The Kier molecular flexibility index (Phi) is 5.67. The van der Waals surface area contributed by atoms with Crippen LogP contribution >= 0.6 is 0 Å². The minimum absolute atomic E-state index is 0.0369. The Morgan fingerprint density at radius 3 is 2.29 bits per heavy atom. The lowest BCUT2D eigenvalue weighted by atomic mass is 10.2. The van der Waals surface area contributed by atoms with Crippen molar-refractivity contribution < 1.29 is 26.4 Å². The van der Waals surface area contributed by atoms with E-state index in [9.17, 15) is 21.6 Å². The molecule has 2 aliphatic rings. The molecule has 1 N–H and O–H groups in total. The van der Waals surface area contributed by atoms with Gasteiger partial charge in [0.25, 0.3) is 10.0 Å². The zero-order chi connectivity index (χ0) is 22.2. The Balaban J connectivity index is 1.59. The number of hydrogen-bond acceptors (Lipinski definition) is 7. The van der Waals surface area contributed by atoms with Crippen molar-refractivity contribution in [2.24, 2.45) is 5.92 Å². The average Bonchev–Trinajstić information content (AvgIpc) is 2.95. The van der Waals surface area contributed by atoms with E-state index in [1.54, 1.807) is 19.1 Å². The highest BCUT2D eigenvalue weighted by Gasteiger charge is 2.42. The lowest BCUT2D eigenvalue weighted by molar-refractivity contribution is -0.119. The molecule has 2 aromatic carbocycles. The molecule has 2 fully saturated rings. The molecule has 1 amide bonds. The zero-order valence-electron chi connectivity index (χ0n) is 16.9. The number of carbonyl (C=O) groups excluding carboxylic acids is 1. The molecular formula is C20H23N3O6S2. The predicted octanol–water partition coefficient (Wildman–Crippen LogP) is 1.64. The smallest absolute Gasteiger partial charge is 0.261 e. The van der Waals surface area contributed by atoms with Crippen LogP contribution < -0.4 is 13.9 Å². The Labute approximate surface area is 181 Å². The summed E-state index contributed by atoms with van der Waals surface area (Å²) in [6.45, 7) is 4.00. The van der Waals surface area contributed by atoms with Crippen LogP contribution in [0.4, 0.5) is 17.1 Å². The summed E-state index contributed by atoms with van der Waals surface area (Å²) < 4.78 is 59.1. The first-order valence-corrected chi connectivity index (χ1v) is 12.9. The number of ether oxygens (including phenoxy) is 1. The van der Waals surface area contributed by atoms with Gasteiger partial charge in [-0.1, -0.05) is 19.1 Å². The average molecular weight is 466 g/mol. The molecule has 2 aliphatic heterocycles. The van der Waals surface area contributed by atoms with Crippen LogP contribution in [-0.2, 0) is 29.6 Å². The van der Waals surface area contributed by atoms with E-state index in [2.05, 4.69) is 9.62 Å². The molecule has 0 spiro atoms. The van der Waals surface area contributed by atoms with Crippen LogP contribution in [0.2, 0.25) is 0 Å². The summed E-state index contributed by atoms with van der Waals surface area (Å²) in [5.41, 5.74) is 1.33. The topological polar surface area (TPSA) is 113 Å². The van der Waals surface area contributed by atoms with Crippen LogP contribution in [0, 0.1) is 5.92 Å². The van der Waals surface area contributed by atoms with Crippen LogP contribution in [0.3, 0.4) is 0 Å². The van der Waals surface area contributed by atoms with Crippen molar-refractivity contribution in [3.05, 3.63) is 48.5 Å². The molecule has 2 saturated heterocycles. The first-order chi connectivity index (χ1) is 14.7. The molecule has 0 saturated carbocycles. The fourth-order valence-electron chi connectivity index (χ4n) is 3.69. The maximum atomic E-state index is 13.0. The first-order valence-electron chi connectivity index (χ1n) is 9.80. The Morgan fingerprint density at radius 1 is 1.03 bits per heavy atom. The van der Waals surface area contributed by atoms with Crippen LogP contribution in [-0.4, -0.2) is 54.8 Å². The summed E-state index contributed by atoms with van der Waals surface area (Å²) >= 11 is 0. The minimum atomic E-state index is -3.93. The van der Waals surface area contributed by atoms with Gasteiger partial charge in [-0.3, -0.25) is 9.52 Å². The Hall–Kier alpha value is -2.63. The van der Waals surface area contributed by atoms with Gasteiger partial charge in [-0.2, -0.15) is 0 Å². The number of morpholine rings is 1. The van der Waals surface area contributed by atoms with E-state index in [0.29, 0.717) is 32.0 Å². The normalized spacial score (nSPS) is 21.3. The fourth-order valence-corrected chi connectivity index (χ4v) is 6.59. The van der Waals surface area contributed by atoms with Gasteiger partial charge in [0, 0.05) is 13.1 Å². The van der Waals surface area contributed by atoms with Crippen LogP contribution in [0.5, 0.6) is 0 Å². The third-order valence-corrected chi connectivity index (χ3v) is 8.49. The van der Waals surface area contributed by atoms with E-state index in [4.69, 9.17) is 4.74 Å². The molecule has 31 heavy (non-hydrogen) atoms. The summed E-state index contributed by atoms with van der Waals surface area (Å²) in [4.78, 5) is 14.2. The standard InChI is InChI=1S/C20H23N3O6S2/c1-15-14-30(25,26)23(20(15)24)16-6-8-17(9-7-16)31(27,28)21-18-4-2-3-5-19(18)22-10-12-29-13-11-22/h2-9,15,21H,10-14H2,1H3/t15-/m1/s1. The summed E-state index contributed by atoms with van der Waals surface area (Å²) in [5.74, 6) is -1.41. The highest BCUT2D eigenvalue weighted by molar-refractivity contribution is 7.94. The molecule has 0 aliphatic carbocycles. The molecule has 166 valence electrons. The molecule has 0 radical (unpaired) electrons. The third kappa shape index (κ3) is 4.25. The van der Waals surface area contributed by atoms with Gasteiger partial charge in [-0.25, -0.2) is 21.1 Å². The van der Waals surface area contributed by atoms with E-state index in [1.807, 2.05) is 12.1 Å². The largest absolute Gasteiger partial charge is 0.378 e. The minimum Gasteiger partial charge on any atom is -0.378 e. The SMILES string of the molecule is C[C@@H]1CS(=O)(=O)N(c2ccc(S(=O)(=O)Nc3ccccc3N3CCOCC3)cc2)C1=O. The van der Waals surface area contributed by atoms with Crippen molar-refractivity contribution in [3.8, 4) is 0 Å². The number of sulfonamides is 2. The first kappa shape index (κ1) is 21.6. The molecule has 2 aromatic rings. The summed E-state index contributed by atoms with van der Waals surface area (Å²) in [6.07, 6.45) is 0. The van der Waals surface area contributed by atoms with Crippen LogP contribution in [0.15, 0.2) is 53.4 Å². The van der Waals surface area contributed by atoms with E-state index in [1.165, 1.54) is 24.3 Å². The number of carbonyl (C=O) groups is 1. The zero-order valence-corrected chi connectivity index (χ0v) is 18.5. The molecular weight excluding hydrogens is 442 g/mol. The summed E-state index contributed by atoms with van der Waals surface area (Å²) in [5, 5.41) is 0. The van der Waals surface area contributed by atoms with Gasteiger partial charge in [-0.15, -0.1) is 0 Å². The highest BCUT2D eigenvalue weighted by Crippen LogP contribution is 2.31. The molecule has 4 rings (SSSR count). The van der Waals surface area contributed by atoms with Crippen molar-refractivity contribution in [1.29, 1.82) is 0 Å². The second kappa shape index (κ2) is 8.13. The third-order valence-electron chi connectivity index (χ3n) is 5.24. The Morgan fingerprint density at radius 2 is 1.68 bits per heavy atom. The number of anilines is 3. The van der Waals surface area contributed by atoms with E-state index >= 15 is 0 Å². The quantitative estimate of drug-likeness (QED) is 0.714.